The highest BCUT2D eigenvalue weighted by atomic mass is 16.3. The molecule has 0 amide bonds. The molecular formula is C45H28N4O. The van der Waals surface area contributed by atoms with E-state index in [2.05, 4.69) is 114 Å². The van der Waals surface area contributed by atoms with Gasteiger partial charge in [0.1, 0.15) is 11.2 Å². The lowest BCUT2D eigenvalue weighted by molar-refractivity contribution is 0.669. The smallest absolute Gasteiger partial charge is 0.238 e. The summed E-state index contributed by atoms with van der Waals surface area (Å²) in [5.74, 6) is 1.78. The second-order valence-corrected chi connectivity index (χ2v) is 12.4. The summed E-state index contributed by atoms with van der Waals surface area (Å²) >= 11 is 0. The molecule has 0 spiro atoms. The van der Waals surface area contributed by atoms with Gasteiger partial charge in [0.25, 0.3) is 0 Å². The number of benzene rings is 7. The molecule has 10 rings (SSSR count). The van der Waals surface area contributed by atoms with Crippen LogP contribution >= 0.6 is 0 Å². The van der Waals surface area contributed by atoms with Gasteiger partial charge >= 0.3 is 0 Å². The van der Waals surface area contributed by atoms with E-state index in [0.717, 1.165) is 77.1 Å². The number of aromatic nitrogens is 4. The maximum Gasteiger partial charge on any atom is 0.238 e. The fourth-order valence-corrected chi connectivity index (χ4v) is 7.23. The molecule has 7 aromatic carbocycles. The average Bonchev–Trinajstić information content (AvgIpc) is 3.75. The third-order valence-electron chi connectivity index (χ3n) is 9.47. The van der Waals surface area contributed by atoms with Crippen LogP contribution in [0.5, 0.6) is 0 Å². The predicted molar refractivity (Wildman–Crippen MR) is 203 cm³/mol. The van der Waals surface area contributed by atoms with Crippen LogP contribution in [-0.2, 0) is 0 Å². The fourth-order valence-electron chi connectivity index (χ4n) is 7.23. The minimum atomic E-state index is 0.566. The first-order valence-corrected chi connectivity index (χ1v) is 16.7. The fraction of sp³-hybridized carbons (Fsp3) is 0. The summed E-state index contributed by atoms with van der Waals surface area (Å²) < 4.78 is 8.43. The van der Waals surface area contributed by atoms with E-state index in [4.69, 9.17) is 19.4 Å². The maximum atomic E-state index is 6.23. The molecule has 0 atom stereocenters. The summed E-state index contributed by atoms with van der Waals surface area (Å²) in [6, 6.07) is 58.5. The summed E-state index contributed by atoms with van der Waals surface area (Å²) in [4.78, 5) is 15.6. The topological polar surface area (TPSA) is 56.7 Å². The first-order chi connectivity index (χ1) is 24.8. The highest BCUT2D eigenvalue weighted by Crippen LogP contribution is 2.39. The van der Waals surface area contributed by atoms with E-state index < -0.39 is 0 Å². The Morgan fingerprint density at radius 1 is 0.400 bits per heavy atom. The molecule has 10 aromatic rings. The Morgan fingerprint density at radius 3 is 1.82 bits per heavy atom. The molecule has 5 nitrogen and oxygen atoms in total. The van der Waals surface area contributed by atoms with Crippen LogP contribution in [0.3, 0.4) is 0 Å². The molecule has 3 aromatic heterocycles. The molecule has 0 fully saturated rings. The number of hydrogen-bond donors (Lipinski definition) is 0. The molecule has 0 aliphatic rings. The second kappa shape index (κ2) is 11.4. The molecule has 0 N–H and O–H groups in total. The van der Waals surface area contributed by atoms with Gasteiger partial charge in [-0.25, -0.2) is 4.98 Å². The van der Waals surface area contributed by atoms with Gasteiger partial charge in [0, 0.05) is 38.2 Å². The summed E-state index contributed by atoms with van der Waals surface area (Å²) in [5, 5.41) is 4.48. The van der Waals surface area contributed by atoms with Gasteiger partial charge in [-0.15, -0.1) is 0 Å². The lowest BCUT2D eigenvalue weighted by Crippen LogP contribution is -2.07. The highest BCUT2D eigenvalue weighted by molar-refractivity contribution is 6.14. The van der Waals surface area contributed by atoms with Gasteiger partial charge in [0.2, 0.25) is 5.95 Å². The number of furan rings is 1. The Bertz CT molecular complexity index is 2870. The average molecular weight is 641 g/mol. The second-order valence-electron chi connectivity index (χ2n) is 12.4. The van der Waals surface area contributed by atoms with Crippen LogP contribution in [0.4, 0.5) is 0 Å². The molecule has 0 unspecified atom stereocenters. The number of fused-ring (bicyclic) bond motifs is 6. The summed E-state index contributed by atoms with van der Waals surface area (Å²) in [5.41, 5.74) is 10.1. The zero-order valence-corrected chi connectivity index (χ0v) is 26.9. The van der Waals surface area contributed by atoms with Crippen LogP contribution in [0.25, 0.3) is 94.7 Å². The van der Waals surface area contributed by atoms with E-state index in [9.17, 15) is 0 Å². The van der Waals surface area contributed by atoms with Crippen LogP contribution in [0.15, 0.2) is 174 Å². The Morgan fingerprint density at radius 2 is 0.980 bits per heavy atom. The summed E-state index contributed by atoms with van der Waals surface area (Å²) in [7, 11) is 0. The van der Waals surface area contributed by atoms with Crippen molar-refractivity contribution in [1.29, 1.82) is 0 Å². The molecule has 0 saturated carbocycles. The highest BCUT2D eigenvalue weighted by Gasteiger charge is 2.21. The van der Waals surface area contributed by atoms with Crippen molar-refractivity contribution in [1.82, 2.24) is 19.5 Å². The number of hydrogen-bond acceptors (Lipinski definition) is 4. The lowest BCUT2D eigenvalue weighted by Gasteiger charge is -2.13. The normalized spacial score (nSPS) is 11.6. The van der Waals surface area contributed by atoms with Gasteiger partial charge in [0.05, 0.1) is 11.0 Å². The van der Waals surface area contributed by atoms with Gasteiger partial charge in [-0.05, 0) is 41.0 Å². The largest absolute Gasteiger partial charge is 0.456 e. The Labute approximate surface area is 287 Å². The predicted octanol–water partition coefficient (Wildman–Crippen LogP) is 11.5. The number of para-hydroxylation sites is 3. The minimum Gasteiger partial charge on any atom is -0.456 e. The van der Waals surface area contributed by atoms with Crippen molar-refractivity contribution in [3.63, 3.8) is 0 Å². The zero-order chi connectivity index (χ0) is 33.0. The quantitative estimate of drug-likeness (QED) is 0.188. The van der Waals surface area contributed by atoms with Crippen molar-refractivity contribution in [2.75, 3.05) is 0 Å². The molecule has 0 aliphatic heterocycles. The van der Waals surface area contributed by atoms with Gasteiger partial charge in [-0.2, -0.15) is 9.97 Å². The minimum absolute atomic E-state index is 0.566. The summed E-state index contributed by atoms with van der Waals surface area (Å²) in [6.45, 7) is 0. The Balaban J connectivity index is 1.23. The van der Waals surface area contributed by atoms with Crippen molar-refractivity contribution in [3.8, 4) is 51.0 Å². The van der Waals surface area contributed by atoms with E-state index in [1.807, 2.05) is 60.7 Å². The number of nitrogens with zero attached hydrogens (tertiary/aromatic N) is 4. The summed E-state index contributed by atoms with van der Waals surface area (Å²) in [6.07, 6.45) is 0. The molecule has 5 heteroatoms. The van der Waals surface area contributed by atoms with Crippen molar-refractivity contribution >= 4 is 43.7 Å². The van der Waals surface area contributed by atoms with Crippen molar-refractivity contribution in [2.24, 2.45) is 0 Å². The van der Waals surface area contributed by atoms with Crippen molar-refractivity contribution in [3.05, 3.63) is 170 Å². The van der Waals surface area contributed by atoms with Crippen LogP contribution in [0.2, 0.25) is 0 Å². The monoisotopic (exact) mass is 640 g/mol. The first kappa shape index (κ1) is 28.2. The van der Waals surface area contributed by atoms with Gasteiger partial charge in [-0.1, -0.05) is 146 Å². The third-order valence-corrected chi connectivity index (χ3v) is 9.47. The molecule has 50 heavy (non-hydrogen) atoms. The maximum absolute atomic E-state index is 6.23. The Kier molecular flexibility index (Phi) is 6.42. The molecule has 0 aliphatic carbocycles. The van der Waals surface area contributed by atoms with Gasteiger partial charge in [0.15, 0.2) is 11.6 Å². The van der Waals surface area contributed by atoms with Crippen LogP contribution in [0, 0.1) is 0 Å². The molecule has 234 valence electrons. The zero-order valence-electron chi connectivity index (χ0n) is 26.9. The number of rotatable bonds is 5. The molecular weight excluding hydrogens is 613 g/mol. The van der Waals surface area contributed by atoms with Gasteiger partial charge in [-0.3, -0.25) is 4.57 Å². The third kappa shape index (κ3) is 4.52. The van der Waals surface area contributed by atoms with E-state index in [-0.39, 0.29) is 0 Å². The van der Waals surface area contributed by atoms with Crippen molar-refractivity contribution < 1.29 is 4.42 Å². The van der Waals surface area contributed by atoms with E-state index in [1.54, 1.807) is 0 Å². The van der Waals surface area contributed by atoms with E-state index >= 15 is 0 Å². The van der Waals surface area contributed by atoms with E-state index in [1.165, 1.54) is 0 Å². The van der Waals surface area contributed by atoms with Crippen LogP contribution < -0.4 is 0 Å². The molecule has 0 bridgehead atoms. The van der Waals surface area contributed by atoms with Gasteiger partial charge < -0.3 is 4.42 Å². The lowest BCUT2D eigenvalue weighted by atomic mass is 9.98. The van der Waals surface area contributed by atoms with Crippen LogP contribution in [0.1, 0.15) is 0 Å². The van der Waals surface area contributed by atoms with E-state index in [0.29, 0.717) is 17.6 Å². The van der Waals surface area contributed by atoms with Crippen LogP contribution in [-0.4, -0.2) is 19.5 Å². The first-order valence-electron chi connectivity index (χ1n) is 16.7. The molecule has 0 saturated heterocycles. The SMILES string of the molecule is c1ccc(-c2nc(-c3cccc(-c4cccc5oc6ccccc6c45)c3)nc(-n3c4ccccc4c4cccc(-c5ccccc5)c43)n2)cc1. The van der Waals surface area contributed by atoms with Crippen molar-refractivity contribution in [2.45, 2.75) is 0 Å². The molecule has 0 radical (unpaired) electrons. The Hall–Kier alpha value is -6.85. The molecule has 3 heterocycles. The standard InChI is InChI=1S/C45H28N4O/c1-3-14-29(15-4-1)34-23-12-24-36-35-20-7-9-25-38(35)49(42(34)36)45-47-43(30-16-5-2-6-17-30)46-44(48-45)32-19-11-18-31(28-32)33-22-13-27-40-41(33)37-21-8-10-26-39(37)50-40/h1-28H.